The van der Waals surface area contributed by atoms with Crippen LogP contribution in [0.5, 0.6) is 0 Å². The maximum Gasteiger partial charge on any atom is 0.253 e. The summed E-state index contributed by atoms with van der Waals surface area (Å²) in [6.07, 6.45) is 2.67. The van der Waals surface area contributed by atoms with E-state index in [0.717, 1.165) is 42.9 Å². The molecular formula is C23H28ClN3O2. The number of hydrogen-bond acceptors (Lipinski definition) is 3. The Labute approximate surface area is 177 Å². The number of halogens is 1. The van der Waals surface area contributed by atoms with Crippen LogP contribution in [0.4, 0.5) is 5.69 Å². The largest absolute Gasteiger partial charge is 0.352 e. The van der Waals surface area contributed by atoms with Crippen LogP contribution >= 0.6 is 11.6 Å². The zero-order chi connectivity index (χ0) is 20.6. The van der Waals surface area contributed by atoms with E-state index in [0.29, 0.717) is 24.3 Å². The van der Waals surface area contributed by atoms with Crippen molar-refractivity contribution in [3.63, 3.8) is 0 Å². The predicted molar refractivity (Wildman–Crippen MR) is 117 cm³/mol. The van der Waals surface area contributed by atoms with Gasteiger partial charge in [0.15, 0.2) is 0 Å². The van der Waals surface area contributed by atoms with Crippen molar-refractivity contribution in [3.05, 3.63) is 64.7 Å². The molecule has 0 aromatic heterocycles. The first kappa shape index (κ1) is 21.3. The number of carbonyl (C=O) groups excluding carboxylic acids is 2. The second-order valence-corrected chi connectivity index (χ2v) is 7.86. The molecule has 154 valence electrons. The zero-order valence-electron chi connectivity index (χ0n) is 16.8. The number of amides is 2. The molecule has 0 saturated carbocycles. The van der Waals surface area contributed by atoms with Crippen molar-refractivity contribution in [1.29, 1.82) is 0 Å². The fourth-order valence-corrected chi connectivity index (χ4v) is 3.83. The maximum atomic E-state index is 12.9. The molecule has 1 heterocycles. The molecule has 0 aliphatic carbocycles. The molecule has 1 aliphatic heterocycles. The van der Waals surface area contributed by atoms with E-state index in [1.807, 2.05) is 43.3 Å². The quantitative estimate of drug-likeness (QED) is 0.710. The number of anilines is 1. The van der Waals surface area contributed by atoms with Gasteiger partial charge in [0.2, 0.25) is 5.91 Å². The van der Waals surface area contributed by atoms with Gasteiger partial charge in [-0.2, -0.15) is 0 Å². The van der Waals surface area contributed by atoms with Crippen LogP contribution in [0.3, 0.4) is 0 Å². The average Bonchev–Trinajstić information content (AvgIpc) is 2.74. The van der Waals surface area contributed by atoms with Gasteiger partial charge in [0.1, 0.15) is 0 Å². The van der Waals surface area contributed by atoms with Crippen LogP contribution in [-0.2, 0) is 11.3 Å². The minimum absolute atomic E-state index is 0.0374. The molecule has 0 spiro atoms. The highest BCUT2D eigenvalue weighted by atomic mass is 35.5. The monoisotopic (exact) mass is 413 g/mol. The van der Waals surface area contributed by atoms with Crippen LogP contribution < -0.4 is 10.6 Å². The van der Waals surface area contributed by atoms with Gasteiger partial charge in [0.05, 0.1) is 17.2 Å². The molecule has 1 atom stereocenters. The molecule has 1 aliphatic rings. The first-order chi connectivity index (χ1) is 14.1. The van der Waals surface area contributed by atoms with E-state index in [9.17, 15) is 9.59 Å². The maximum absolute atomic E-state index is 12.9. The standard InChI is InChI=1S/C23H28ClN3O2/c1-2-13-25-23(29)19-10-4-6-12-21(19)26-22(28)18-9-7-14-27(16-18)15-17-8-3-5-11-20(17)24/h3-6,8,10-12,18H,2,7,9,13-16H2,1H3,(H,25,29)(H,26,28). The second-order valence-electron chi connectivity index (χ2n) is 7.46. The highest BCUT2D eigenvalue weighted by Crippen LogP contribution is 2.24. The number of hydrogen-bond donors (Lipinski definition) is 2. The van der Waals surface area contributed by atoms with Gasteiger partial charge >= 0.3 is 0 Å². The lowest BCUT2D eigenvalue weighted by molar-refractivity contribution is -0.121. The second kappa shape index (κ2) is 10.4. The lowest BCUT2D eigenvalue weighted by Crippen LogP contribution is -2.40. The van der Waals surface area contributed by atoms with Crippen LogP contribution in [0.2, 0.25) is 5.02 Å². The number of carbonyl (C=O) groups is 2. The number of nitrogens with zero attached hydrogens (tertiary/aromatic N) is 1. The van der Waals surface area contributed by atoms with E-state index < -0.39 is 0 Å². The lowest BCUT2D eigenvalue weighted by atomic mass is 9.96. The van der Waals surface area contributed by atoms with Gasteiger partial charge in [0.25, 0.3) is 5.91 Å². The van der Waals surface area contributed by atoms with Gasteiger partial charge in [-0.1, -0.05) is 48.9 Å². The Morgan fingerprint density at radius 2 is 1.90 bits per heavy atom. The fraction of sp³-hybridized carbons (Fsp3) is 0.391. The van der Waals surface area contributed by atoms with Gasteiger partial charge in [-0.05, 0) is 49.6 Å². The number of likely N-dealkylation sites (tertiary alicyclic amines) is 1. The molecule has 6 heteroatoms. The number of para-hydroxylation sites is 1. The number of nitrogens with one attached hydrogen (secondary N) is 2. The van der Waals surface area contributed by atoms with Gasteiger partial charge < -0.3 is 10.6 Å². The number of piperidine rings is 1. The third-order valence-corrected chi connectivity index (χ3v) is 5.56. The SMILES string of the molecule is CCCNC(=O)c1ccccc1NC(=O)C1CCCN(Cc2ccccc2Cl)C1. The Morgan fingerprint density at radius 1 is 1.14 bits per heavy atom. The first-order valence-electron chi connectivity index (χ1n) is 10.2. The van der Waals surface area contributed by atoms with E-state index in [2.05, 4.69) is 15.5 Å². The highest BCUT2D eigenvalue weighted by molar-refractivity contribution is 6.31. The molecule has 1 unspecified atom stereocenters. The lowest BCUT2D eigenvalue weighted by Gasteiger charge is -2.32. The Kier molecular flexibility index (Phi) is 7.67. The molecule has 29 heavy (non-hydrogen) atoms. The van der Waals surface area contributed by atoms with Crippen LogP contribution in [0.1, 0.15) is 42.1 Å². The van der Waals surface area contributed by atoms with E-state index in [1.165, 1.54) is 0 Å². The van der Waals surface area contributed by atoms with E-state index in [4.69, 9.17) is 11.6 Å². The molecule has 2 aromatic carbocycles. The third-order valence-electron chi connectivity index (χ3n) is 5.19. The summed E-state index contributed by atoms with van der Waals surface area (Å²) in [5, 5.41) is 6.61. The molecular weight excluding hydrogens is 386 g/mol. The molecule has 2 amide bonds. The summed E-state index contributed by atoms with van der Waals surface area (Å²) in [7, 11) is 0. The fourth-order valence-electron chi connectivity index (χ4n) is 3.64. The molecule has 5 nitrogen and oxygen atoms in total. The number of rotatable bonds is 7. The minimum atomic E-state index is -0.160. The van der Waals surface area contributed by atoms with Gasteiger partial charge in [-0.25, -0.2) is 0 Å². The molecule has 2 aromatic rings. The normalized spacial score (nSPS) is 17.0. The molecule has 0 radical (unpaired) electrons. The van der Waals surface area contributed by atoms with Crippen LogP contribution in [0.25, 0.3) is 0 Å². The van der Waals surface area contributed by atoms with Crippen molar-refractivity contribution in [2.45, 2.75) is 32.7 Å². The molecule has 1 saturated heterocycles. The average molecular weight is 414 g/mol. The smallest absolute Gasteiger partial charge is 0.253 e. The van der Waals surface area contributed by atoms with E-state index in [1.54, 1.807) is 12.1 Å². The third kappa shape index (κ3) is 5.81. The Morgan fingerprint density at radius 3 is 2.69 bits per heavy atom. The van der Waals surface area contributed by atoms with E-state index in [-0.39, 0.29) is 17.7 Å². The van der Waals surface area contributed by atoms with Crippen LogP contribution in [0, 0.1) is 5.92 Å². The Bertz CT molecular complexity index is 856. The summed E-state index contributed by atoms with van der Waals surface area (Å²) in [5.41, 5.74) is 2.14. The Hall–Kier alpha value is -2.37. The van der Waals surface area contributed by atoms with Crippen molar-refractivity contribution < 1.29 is 9.59 Å². The van der Waals surface area contributed by atoms with Gasteiger partial charge in [0, 0.05) is 24.7 Å². The van der Waals surface area contributed by atoms with Gasteiger partial charge in [-0.15, -0.1) is 0 Å². The van der Waals surface area contributed by atoms with Crippen molar-refractivity contribution in [2.24, 2.45) is 5.92 Å². The van der Waals surface area contributed by atoms with Crippen LogP contribution in [-0.4, -0.2) is 36.3 Å². The summed E-state index contributed by atoms with van der Waals surface area (Å²) in [6.45, 7) is 4.98. The summed E-state index contributed by atoms with van der Waals surface area (Å²) in [6, 6.07) is 15.0. The predicted octanol–water partition coefficient (Wildman–Crippen LogP) is 4.33. The van der Waals surface area contributed by atoms with Crippen molar-refractivity contribution >= 4 is 29.1 Å². The summed E-state index contributed by atoms with van der Waals surface area (Å²) in [4.78, 5) is 27.6. The summed E-state index contributed by atoms with van der Waals surface area (Å²) >= 11 is 6.29. The van der Waals surface area contributed by atoms with Crippen LogP contribution in [0.15, 0.2) is 48.5 Å². The summed E-state index contributed by atoms with van der Waals surface area (Å²) in [5.74, 6) is -0.311. The zero-order valence-corrected chi connectivity index (χ0v) is 17.5. The van der Waals surface area contributed by atoms with Gasteiger partial charge in [-0.3, -0.25) is 14.5 Å². The highest BCUT2D eigenvalue weighted by Gasteiger charge is 2.27. The van der Waals surface area contributed by atoms with E-state index >= 15 is 0 Å². The Balaban J connectivity index is 1.64. The minimum Gasteiger partial charge on any atom is -0.352 e. The first-order valence-corrected chi connectivity index (χ1v) is 10.6. The molecule has 3 rings (SSSR count). The van der Waals surface area contributed by atoms with Crippen molar-refractivity contribution in [3.8, 4) is 0 Å². The molecule has 1 fully saturated rings. The topological polar surface area (TPSA) is 61.4 Å². The van der Waals surface area contributed by atoms with Crippen molar-refractivity contribution in [2.75, 3.05) is 25.0 Å². The molecule has 2 N–H and O–H groups in total. The molecule has 0 bridgehead atoms. The summed E-state index contributed by atoms with van der Waals surface area (Å²) < 4.78 is 0. The number of benzene rings is 2. The van der Waals surface area contributed by atoms with Crippen molar-refractivity contribution in [1.82, 2.24) is 10.2 Å².